The monoisotopic (exact) mass is 193 g/mol. The lowest BCUT2D eigenvalue weighted by Gasteiger charge is -2.07. The fourth-order valence-electron chi connectivity index (χ4n) is 1.05. The molecule has 0 aliphatic rings. The van der Waals surface area contributed by atoms with Crippen LogP contribution in [0.1, 0.15) is 6.42 Å². The molecule has 0 amide bonds. The van der Waals surface area contributed by atoms with Gasteiger partial charge >= 0.3 is 0 Å². The molecule has 0 saturated carbocycles. The van der Waals surface area contributed by atoms with E-state index in [0.29, 0.717) is 13.0 Å². The van der Waals surface area contributed by atoms with Gasteiger partial charge in [-0.2, -0.15) is 0 Å². The fourth-order valence-corrected chi connectivity index (χ4v) is 1.05. The maximum absolute atomic E-state index is 13.0. The van der Waals surface area contributed by atoms with Crippen molar-refractivity contribution >= 4 is 5.69 Å². The second kappa shape index (κ2) is 5.13. The molecule has 0 bridgehead atoms. The number of benzene rings is 1. The smallest absolute Gasteiger partial charge is 0.165 e. The van der Waals surface area contributed by atoms with Crippen molar-refractivity contribution in [3.63, 3.8) is 0 Å². The molecule has 0 saturated heterocycles. The molecule has 0 heterocycles. The van der Waals surface area contributed by atoms with Gasteiger partial charge in [0.2, 0.25) is 0 Å². The van der Waals surface area contributed by atoms with Crippen molar-refractivity contribution in [3.8, 4) is 18.1 Å². The first-order chi connectivity index (χ1) is 6.77. The van der Waals surface area contributed by atoms with Crippen molar-refractivity contribution in [1.82, 2.24) is 0 Å². The zero-order valence-corrected chi connectivity index (χ0v) is 8.01. The Balaban J connectivity index is 2.65. The average molecular weight is 193 g/mol. The fraction of sp³-hybridized carbons (Fsp3) is 0.273. The van der Waals surface area contributed by atoms with Crippen LogP contribution in [0.25, 0.3) is 0 Å². The number of methoxy groups -OCH3 is 1. The molecule has 0 unspecified atom stereocenters. The van der Waals surface area contributed by atoms with E-state index in [-0.39, 0.29) is 11.6 Å². The van der Waals surface area contributed by atoms with Gasteiger partial charge in [-0.3, -0.25) is 0 Å². The van der Waals surface area contributed by atoms with Crippen molar-refractivity contribution < 1.29 is 9.13 Å². The van der Waals surface area contributed by atoms with Crippen molar-refractivity contribution in [2.45, 2.75) is 6.42 Å². The molecule has 1 aromatic rings. The standard InChI is InChI=1S/C11H12FNO/c1-3-4-7-13-9-5-6-10(12)11(8-9)14-2/h1,5-6,8,13H,4,7H2,2H3. The largest absolute Gasteiger partial charge is 0.494 e. The summed E-state index contributed by atoms with van der Waals surface area (Å²) in [5.41, 5.74) is 0.804. The van der Waals surface area contributed by atoms with Gasteiger partial charge in [-0.15, -0.1) is 12.3 Å². The number of halogens is 1. The van der Waals surface area contributed by atoms with Crippen LogP contribution in [0, 0.1) is 18.2 Å². The summed E-state index contributed by atoms with van der Waals surface area (Å²) in [6.45, 7) is 0.672. The van der Waals surface area contributed by atoms with Crippen LogP contribution in [0.5, 0.6) is 5.75 Å². The molecule has 3 heteroatoms. The Morgan fingerprint density at radius 3 is 3.00 bits per heavy atom. The molecule has 0 aliphatic carbocycles. The Hall–Kier alpha value is -1.69. The Bertz CT molecular complexity index is 344. The van der Waals surface area contributed by atoms with Crippen molar-refractivity contribution in [2.75, 3.05) is 19.0 Å². The molecule has 1 aromatic carbocycles. The highest BCUT2D eigenvalue weighted by Crippen LogP contribution is 2.21. The highest BCUT2D eigenvalue weighted by atomic mass is 19.1. The van der Waals surface area contributed by atoms with E-state index in [9.17, 15) is 4.39 Å². The highest BCUT2D eigenvalue weighted by molar-refractivity contribution is 5.48. The van der Waals surface area contributed by atoms with Gasteiger partial charge < -0.3 is 10.1 Å². The van der Waals surface area contributed by atoms with Crippen LogP contribution in [-0.2, 0) is 0 Å². The zero-order valence-electron chi connectivity index (χ0n) is 8.01. The first-order valence-electron chi connectivity index (χ1n) is 4.29. The molecule has 0 fully saturated rings. The second-order valence-corrected chi connectivity index (χ2v) is 2.73. The average Bonchev–Trinajstić information content (AvgIpc) is 2.21. The van der Waals surface area contributed by atoms with Crippen LogP contribution in [-0.4, -0.2) is 13.7 Å². The highest BCUT2D eigenvalue weighted by Gasteiger charge is 2.02. The third kappa shape index (κ3) is 2.67. The number of nitrogens with one attached hydrogen (secondary N) is 1. The summed E-state index contributed by atoms with van der Waals surface area (Å²) in [5, 5.41) is 3.06. The van der Waals surface area contributed by atoms with Crippen LogP contribution in [0.2, 0.25) is 0 Å². The Labute approximate surface area is 83.1 Å². The Morgan fingerprint density at radius 2 is 2.36 bits per heavy atom. The van der Waals surface area contributed by atoms with Crippen molar-refractivity contribution in [3.05, 3.63) is 24.0 Å². The predicted molar refractivity (Wildman–Crippen MR) is 54.9 cm³/mol. The second-order valence-electron chi connectivity index (χ2n) is 2.73. The Morgan fingerprint density at radius 1 is 1.57 bits per heavy atom. The van der Waals surface area contributed by atoms with Crippen LogP contribution in [0.4, 0.5) is 10.1 Å². The molecule has 1 N–H and O–H groups in total. The summed E-state index contributed by atoms with van der Waals surface area (Å²) < 4.78 is 17.8. The molecule has 0 spiro atoms. The van der Waals surface area contributed by atoms with E-state index in [1.165, 1.54) is 13.2 Å². The summed E-state index contributed by atoms with van der Waals surface area (Å²) in [5.74, 6) is 2.38. The third-order valence-corrected chi connectivity index (χ3v) is 1.75. The SMILES string of the molecule is C#CCCNc1ccc(F)c(OC)c1. The number of hydrogen-bond donors (Lipinski definition) is 1. The maximum Gasteiger partial charge on any atom is 0.165 e. The van der Waals surface area contributed by atoms with Gasteiger partial charge in [-0.05, 0) is 12.1 Å². The molecule has 0 atom stereocenters. The first-order valence-corrected chi connectivity index (χ1v) is 4.29. The number of hydrogen-bond acceptors (Lipinski definition) is 2. The molecule has 74 valence electrons. The van der Waals surface area contributed by atoms with E-state index in [1.807, 2.05) is 0 Å². The molecule has 0 aromatic heterocycles. The van der Waals surface area contributed by atoms with Gasteiger partial charge in [0.05, 0.1) is 7.11 Å². The normalized spacial score (nSPS) is 9.21. The number of anilines is 1. The topological polar surface area (TPSA) is 21.3 Å². The summed E-state index contributed by atoms with van der Waals surface area (Å²) >= 11 is 0. The number of ether oxygens (including phenoxy) is 1. The van der Waals surface area contributed by atoms with E-state index in [2.05, 4.69) is 11.2 Å². The molecular formula is C11H12FNO. The maximum atomic E-state index is 13.0. The van der Waals surface area contributed by atoms with E-state index in [0.717, 1.165) is 5.69 Å². The minimum absolute atomic E-state index is 0.232. The minimum Gasteiger partial charge on any atom is -0.494 e. The van der Waals surface area contributed by atoms with Crippen LogP contribution < -0.4 is 10.1 Å². The van der Waals surface area contributed by atoms with Gasteiger partial charge in [-0.25, -0.2) is 4.39 Å². The van der Waals surface area contributed by atoms with Crippen molar-refractivity contribution in [1.29, 1.82) is 0 Å². The minimum atomic E-state index is -0.366. The summed E-state index contributed by atoms with van der Waals surface area (Å²) in [7, 11) is 1.43. The van der Waals surface area contributed by atoms with Crippen LogP contribution >= 0.6 is 0 Å². The van der Waals surface area contributed by atoms with E-state index in [1.54, 1.807) is 12.1 Å². The van der Waals surface area contributed by atoms with Gasteiger partial charge in [0.15, 0.2) is 11.6 Å². The Kier molecular flexibility index (Phi) is 3.81. The molecule has 14 heavy (non-hydrogen) atoms. The first kappa shape index (κ1) is 10.4. The van der Waals surface area contributed by atoms with Gasteiger partial charge in [0, 0.05) is 24.7 Å². The van der Waals surface area contributed by atoms with E-state index < -0.39 is 0 Å². The van der Waals surface area contributed by atoms with E-state index in [4.69, 9.17) is 11.2 Å². The van der Waals surface area contributed by atoms with Crippen LogP contribution in [0.15, 0.2) is 18.2 Å². The lowest BCUT2D eigenvalue weighted by atomic mass is 10.3. The molecule has 1 rings (SSSR count). The molecule has 0 radical (unpaired) electrons. The lowest BCUT2D eigenvalue weighted by molar-refractivity contribution is 0.387. The summed E-state index contributed by atoms with van der Waals surface area (Å²) in [6, 6.07) is 4.61. The summed E-state index contributed by atoms with van der Waals surface area (Å²) in [6.07, 6.45) is 5.74. The van der Waals surface area contributed by atoms with Gasteiger partial charge in [-0.1, -0.05) is 0 Å². The molecule has 2 nitrogen and oxygen atoms in total. The summed E-state index contributed by atoms with van der Waals surface area (Å²) in [4.78, 5) is 0. The quantitative estimate of drug-likeness (QED) is 0.585. The lowest BCUT2D eigenvalue weighted by Crippen LogP contribution is -2.00. The number of rotatable bonds is 4. The molecule has 0 aliphatic heterocycles. The third-order valence-electron chi connectivity index (χ3n) is 1.75. The van der Waals surface area contributed by atoms with Gasteiger partial charge in [0.25, 0.3) is 0 Å². The van der Waals surface area contributed by atoms with Crippen molar-refractivity contribution in [2.24, 2.45) is 0 Å². The predicted octanol–water partition coefficient (Wildman–Crippen LogP) is 2.27. The number of terminal acetylenes is 1. The van der Waals surface area contributed by atoms with Gasteiger partial charge in [0.1, 0.15) is 0 Å². The zero-order chi connectivity index (χ0) is 10.4. The van der Waals surface area contributed by atoms with E-state index >= 15 is 0 Å². The molecular weight excluding hydrogens is 181 g/mol. The van der Waals surface area contributed by atoms with Crippen LogP contribution in [0.3, 0.4) is 0 Å².